The number of thiophene rings is 1. The van der Waals surface area contributed by atoms with Gasteiger partial charge < -0.3 is 15.3 Å². The first kappa shape index (κ1) is 18.0. The number of pyridine rings is 1. The fourth-order valence-electron chi connectivity index (χ4n) is 3.25. The van der Waals surface area contributed by atoms with Gasteiger partial charge in [-0.25, -0.2) is 0 Å². The van der Waals surface area contributed by atoms with Crippen LogP contribution >= 0.6 is 11.3 Å². The smallest absolute Gasteiger partial charge is 0.255 e. The van der Waals surface area contributed by atoms with Crippen molar-refractivity contribution in [2.75, 3.05) is 26.2 Å². The highest BCUT2D eigenvalue weighted by molar-refractivity contribution is 7.11. The van der Waals surface area contributed by atoms with Gasteiger partial charge in [0, 0.05) is 28.7 Å². The Morgan fingerprint density at radius 2 is 2.32 bits per heavy atom. The Bertz CT molecular complexity index is 710. The van der Waals surface area contributed by atoms with E-state index in [0.717, 1.165) is 30.0 Å². The molecule has 2 N–H and O–H groups in total. The average molecular weight is 359 g/mol. The van der Waals surface area contributed by atoms with Crippen LogP contribution in [-0.2, 0) is 13.0 Å². The first-order valence-electron chi connectivity index (χ1n) is 8.76. The summed E-state index contributed by atoms with van der Waals surface area (Å²) in [7, 11) is 0. The summed E-state index contributed by atoms with van der Waals surface area (Å²) in [5.74, 6) is 0.550. The molecule has 1 unspecified atom stereocenters. The summed E-state index contributed by atoms with van der Waals surface area (Å²) in [6.07, 6.45) is 5.61. The first-order chi connectivity index (χ1) is 12.2. The SMILES string of the molecule is Cc1ccc(CN(CCO)C(=O)c2cncc(CC3CCNC3)c2)s1. The molecule has 134 valence electrons. The van der Waals surface area contributed by atoms with E-state index in [1.165, 1.54) is 11.3 Å². The predicted molar refractivity (Wildman–Crippen MR) is 99.8 cm³/mol. The Labute approximate surface area is 152 Å². The van der Waals surface area contributed by atoms with Crippen LogP contribution in [-0.4, -0.2) is 47.1 Å². The van der Waals surface area contributed by atoms with Gasteiger partial charge in [-0.15, -0.1) is 11.3 Å². The molecule has 2 aromatic heterocycles. The lowest BCUT2D eigenvalue weighted by atomic mass is 9.99. The molecule has 0 aliphatic carbocycles. The molecule has 0 spiro atoms. The predicted octanol–water partition coefficient (Wildman–Crippen LogP) is 2.24. The van der Waals surface area contributed by atoms with Crippen molar-refractivity contribution in [3.05, 3.63) is 51.5 Å². The number of aryl methyl sites for hydroxylation is 1. The fraction of sp³-hybridized carbons (Fsp3) is 0.474. The van der Waals surface area contributed by atoms with E-state index in [2.05, 4.69) is 23.3 Å². The molecule has 1 amide bonds. The van der Waals surface area contributed by atoms with Gasteiger partial charge in [-0.3, -0.25) is 9.78 Å². The van der Waals surface area contributed by atoms with Crippen LogP contribution in [0.25, 0.3) is 0 Å². The van der Waals surface area contributed by atoms with Crippen molar-refractivity contribution in [3.63, 3.8) is 0 Å². The summed E-state index contributed by atoms with van der Waals surface area (Å²) in [4.78, 5) is 21.2. The van der Waals surface area contributed by atoms with Crippen molar-refractivity contribution in [2.45, 2.75) is 26.3 Å². The van der Waals surface area contributed by atoms with Crippen molar-refractivity contribution < 1.29 is 9.90 Å². The van der Waals surface area contributed by atoms with Gasteiger partial charge in [-0.1, -0.05) is 0 Å². The van der Waals surface area contributed by atoms with Gasteiger partial charge >= 0.3 is 0 Å². The maximum Gasteiger partial charge on any atom is 0.255 e. The topological polar surface area (TPSA) is 65.5 Å². The summed E-state index contributed by atoms with van der Waals surface area (Å²) in [5.41, 5.74) is 1.71. The molecule has 25 heavy (non-hydrogen) atoms. The van der Waals surface area contributed by atoms with E-state index in [1.807, 2.05) is 18.3 Å². The lowest BCUT2D eigenvalue weighted by molar-refractivity contribution is 0.0709. The van der Waals surface area contributed by atoms with Crippen LogP contribution in [0.15, 0.2) is 30.6 Å². The van der Waals surface area contributed by atoms with Gasteiger partial charge in [0.2, 0.25) is 0 Å². The highest BCUT2D eigenvalue weighted by atomic mass is 32.1. The maximum absolute atomic E-state index is 12.9. The number of aromatic nitrogens is 1. The van der Waals surface area contributed by atoms with E-state index in [4.69, 9.17) is 0 Å². The number of rotatable bonds is 7. The van der Waals surface area contributed by atoms with Gasteiger partial charge in [-0.2, -0.15) is 0 Å². The van der Waals surface area contributed by atoms with Crippen LogP contribution in [0.3, 0.4) is 0 Å². The Morgan fingerprint density at radius 3 is 3.00 bits per heavy atom. The molecule has 1 atom stereocenters. The van der Waals surface area contributed by atoms with E-state index in [0.29, 0.717) is 24.6 Å². The number of aliphatic hydroxyl groups is 1. The first-order valence-corrected chi connectivity index (χ1v) is 9.57. The number of aliphatic hydroxyl groups excluding tert-OH is 1. The van der Waals surface area contributed by atoms with Crippen LogP contribution in [0.5, 0.6) is 0 Å². The van der Waals surface area contributed by atoms with Crippen LogP contribution in [0.4, 0.5) is 0 Å². The van der Waals surface area contributed by atoms with Gasteiger partial charge in [0.1, 0.15) is 0 Å². The lowest BCUT2D eigenvalue weighted by Crippen LogP contribution is -2.33. The van der Waals surface area contributed by atoms with Crippen molar-refractivity contribution >= 4 is 17.2 Å². The highest BCUT2D eigenvalue weighted by Crippen LogP contribution is 2.19. The molecule has 6 heteroatoms. The van der Waals surface area contributed by atoms with Crippen LogP contribution < -0.4 is 5.32 Å². The normalized spacial score (nSPS) is 17.0. The van der Waals surface area contributed by atoms with Crippen molar-refractivity contribution in [1.82, 2.24) is 15.2 Å². The molecule has 1 aliphatic rings. The Balaban J connectivity index is 1.72. The molecule has 5 nitrogen and oxygen atoms in total. The molecule has 0 aromatic carbocycles. The third-order valence-electron chi connectivity index (χ3n) is 4.53. The summed E-state index contributed by atoms with van der Waals surface area (Å²) >= 11 is 1.68. The summed E-state index contributed by atoms with van der Waals surface area (Å²) in [6, 6.07) is 6.05. The average Bonchev–Trinajstić information content (AvgIpc) is 3.26. The molecular weight excluding hydrogens is 334 g/mol. The minimum Gasteiger partial charge on any atom is -0.395 e. The highest BCUT2D eigenvalue weighted by Gasteiger charge is 2.19. The molecular formula is C19H25N3O2S. The lowest BCUT2D eigenvalue weighted by Gasteiger charge is -2.21. The number of carbonyl (C=O) groups is 1. The zero-order chi connectivity index (χ0) is 17.6. The van der Waals surface area contributed by atoms with Gasteiger partial charge in [0.15, 0.2) is 0 Å². The van der Waals surface area contributed by atoms with Crippen molar-refractivity contribution in [2.24, 2.45) is 5.92 Å². The molecule has 1 aliphatic heterocycles. The van der Waals surface area contributed by atoms with E-state index in [9.17, 15) is 9.90 Å². The number of hydrogen-bond acceptors (Lipinski definition) is 5. The minimum atomic E-state index is -0.0704. The quantitative estimate of drug-likeness (QED) is 0.796. The monoisotopic (exact) mass is 359 g/mol. The summed E-state index contributed by atoms with van der Waals surface area (Å²) < 4.78 is 0. The minimum absolute atomic E-state index is 0.0447. The molecule has 1 fully saturated rings. The number of amides is 1. The van der Waals surface area contributed by atoms with E-state index < -0.39 is 0 Å². The third kappa shape index (κ3) is 4.87. The van der Waals surface area contributed by atoms with Gasteiger partial charge in [0.25, 0.3) is 5.91 Å². The van der Waals surface area contributed by atoms with Crippen LogP contribution in [0.1, 0.15) is 32.1 Å². The van der Waals surface area contributed by atoms with E-state index in [-0.39, 0.29) is 12.5 Å². The summed E-state index contributed by atoms with van der Waals surface area (Å²) in [5, 5.41) is 12.7. The largest absolute Gasteiger partial charge is 0.395 e. The zero-order valence-corrected chi connectivity index (χ0v) is 15.4. The molecule has 0 saturated carbocycles. The molecule has 3 rings (SSSR count). The zero-order valence-electron chi connectivity index (χ0n) is 14.6. The second-order valence-electron chi connectivity index (χ2n) is 6.61. The number of nitrogens with zero attached hydrogens (tertiary/aromatic N) is 2. The van der Waals surface area contributed by atoms with Crippen molar-refractivity contribution in [3.8, 4) is 0 Å². The third-order valence-corrected chi connectivity index (χ3v) is 5.51. The van der Waals surface area contributed by atoms with Crippen molar-refractivity contribution in [1.29, 1.82) is 0 Å². The van der Waals surface area contributed by atoms with E-state index in [1.54, 1.807) is 22.4 Å². The Kier molecular flexibility index (Phi) is 6.18. The molecule has 0 bridgehead atoms. The van der Waals surface area contributed by atoms with E-state index >= 15 is 0 Å². The number of carbonyl (C=O) groups excluding carboxylic acids is 1. The molecule has 1 saturated heterocycles. The van der Waals surface area contributed by atoms with Gasteiger partial charge in [-0.05, 0) is 62.5 Å². The molecule has 3 heterocycles. The second kappa shape index (κ2) is 8.56. The standard InChI is InChI=1S/C19H25N3O2S/c1-14-2-3-18(25-14)13-22(6-7-23)19(24)17-9-16(11-21-12-17)8-15-4-5-20-10-15/h2-3,9,11-12,15,20,23H,4-8,10,13H2,1H3. The Morgan fingerprint density at radius 1 is 1.44 bits per heavy atom. The number of hydrogen-bond donors (Lipinski definition) is 2. The molecule has 2 aromatic rings. The summed E-state index contributed by atoms with van der Waals surface area (Å²) in [6.45, 7) is 4.96. The molecule has 0 radical (unpaired) electrons. The fourth-order valence-corrected chi connectivity index (χ4v) is 4.16. The van der Waals surface area contributed by atoms with Gasteiger partial charge in [0.05, 0.1) is 18.7 Å². The second-order valence-corrected chi connectivity index (χ2v) is 7.98. The number of nitrogens with one attached hydrogen (secondary N) is 1. The maximum atomic E-state index is 12.9. The Hall–Kier alpha value is -1.76. The van der Waals surface area contributed by atoms with Crippen LogP contribution in [0.2, 0.25) is 0 Å². The van der Waals surface area contributed by atoms with Crippen LogP contribution in [0, 0.1) is 12.8 Å².